The lowest BCUT2D eigenvalue weighted by molar-refractivity contribution is -0.0971. The first-order valence-corrected chi connectivity index (χ1v) is 9.69. The lowest BCUT2D eigenvalue weighted by Crippen LogP contribution is -2.61. The van der Waals surface area contributed by atoms with Gasteiger partial charge in [0.25, 0.3) is 0 Å². The summed E-state index contributed by atoms with van der Waals surface area (Å²) >= 11 is 5.99. The number of nitrogens with zero attached hydrogens (tertiary/aromatic N) is 2. The number of piperidine rings is 3. The maximum absolute atomic E-state index is 10.8. The van der Waals surface area contributed by atoms with E-state index < -0.39 is 5.60 Å². The molecule has 0 bridgehead atoms. The van der Waals surface area contributed by atoms with Crippen molar-refractivity contribution in [2.24, 2.45) is 5.92 Å². The number of aliphatic hydroxyl groups is 1. The molecule has 3 saturated heterocycles. The van der Waals surface area contributed by atoms with E-state index >= 15 is 0 Å². The van der Waals surface area contributed by atoms with E-state index in [1.54, 1.807) is 0 Å². The van der Waals surface area contributed by atoms with Gasteiger partial charge in [-0.05, 0) is 56.5 Å². The summed E-state index contributed by atoms with van der Waals surface area (Å²) in [5, 5.41) is 15.1. The fourth-order valence-corrected chi connectivity index (χ4v) is 4.85. The third-order valence-corrected chi connectivity index (χ3v) is 6.60. The van der Waals surface area contributed by atoms with Gasteiger partial charge in [-0.2, -0.15) is 0 Å². The minimum absolute atomic E-state index is 0. The molecule has 148 valence electrons. The zero-order valence-electron chi connectivity index (χ0n) is 15.1. The molecule has 1 aromatic carbocycles. The predicted octanol–water partition coefficient (Wildman–Crippen LogP) is 3.20. The van der Waals surface area contributed by atoms with E-state index in [0.717, 1.165) is 57.1 Å². The Balaban J connectivity index is 0.00000121. The van der Waals surface area contributed by atoms with Gasteiger partial charge in [0.15, 0.2) is 0 Å². The van der Waals surface area contributed by atoms with Crippen LogP contribution in [0.1, 0.15) is 25.7 Å². The second kappa shape index (κ2) is 9.31. The molecule has 26 heavy (non-hydrogen) atoms. The zero-order chi connectivity index (χ0) is 16.6. The third-order valence-electron chi connectivity index (χ3n) is 6.34. The fourth-order valence-electron chi connectivity index (χ4n) is 4.72. The lowest BCUT2D eigenvalue weighted by Gasteiger charge is -2.50. The minimum Gasteiger partial charge on any atom is -0.389 e. The highest BCUT2D eigenvalue weighted by atomic mass is 35.5. The van der Waals surface area contributed by atoms with Crippen LogP contribution < -0.4 is 10.2 Å². The number of benzene rings is 1. The molecule has 7 heteroatoms. The lowest BCUT2D eigenvalue weighted by atomic mass is 9.75. The highest BCUT2D eigenvalue weighted by Crippen LogP contribution is 2.35. The summed E-state index contributed by atoms with van der Waals surface area (Å²) in [4.78, 5) is 5.11. The molecule has 0 aromatic heterocycles. The second-order valence-corrected chi connectivity index (χ2v) is 8.13. The average molecular weight is 423 g/mol. The largest absolute Gasteiger partial charge is 0.389 e. The van der Waals surface area contributed by atoms with Crippen LogP contribution in [0.2, 0.25) is 5.02 Å². The molecule has 0 spiro atoms. The Hall–Kier alpha value is -0.230. The van der Waals surface area contributed by atoms with Gasteiger partial charge in [-0.15, -0.1) is 24.8 Å². The smallest absolute Gasteiger partial charge is 0.0724 e. The molecule has 1 aromatic rings. The molecule has 0 aliphatic carbocycles. The van der Waals surface area contributed by atoms with E-state index in [0.29, 0.717) is 12.0 Å². The number of hydrogen-bond acceptors (Lipinski definition) is 4. The van der Waals surface area contributed by atoms with Gasteiger partial charge >= 0.3 is 0 Å². The Morgan fingerprint density at radius 2 is 1.73 bits per heavy atom. The Labute approximate surface area is 174 Å². The maximum Gasteiger partial charge on any atom is 0.0724 e. The average Bonchev–Trinajstić information content (AvgIpc) is 2.62. The Morgan fingerprint density at radius 3 is 2.42 bits per heavy atom. The van der Waals surface area contributed by atoms with Crippen molar-refractivity contribution in [1.29, 1.82) is 0 Å². The van der Waals surface area contributed by atoms with Gasteiger partial charge in [0.1, 0.15) is 0 Å². The molecular formula is C19H30Cl3N3O. The first-order valence-electron chi connectivity index (χ1n) is 9.32. The normalized spacial score (nSPS) is 30.1. The molecule has 0 unspecified atom stereocenters. The van der Waals surface area contributed by atoms with Gasteiger partial charge in [0.05, 0.1) is 5.60 Å². The van der Waals surface area contributed by atoms with Gasteiger partial charge < -0.3 is 15.3 Å². The highest BCUT2D eigenvalue weighted by molar-refractivity contribution is 6.30. The van der Waals surface area contributed by atoms with E-state index in [4.69, 9.17) is 11.6 Å². The van der Waals surface area contributed by atoms with E-state index in [2.05, 4.69) is 27.2 Å². The maximum atomic E-state index is 10.8. The number of rotatable bonds is 2. The molecular weight excluding hydrogens is 393 g/mol. The zero-order valence-corrected chi connectivity index (χ0v) is 17.5. The second-order valence-electron chi connectivity index (χ2n) is 7.69. The third kappa shape index (κ3) is 4.60. The summed E-state index contributed by atoms with van der Waals surface area (Å²) in [6.45, 7) is 6.25. The number of nitrogens with one attached hydrogen (secondary N) is 1. The number of anilines is 1. The van der Waals surface area contributed by atoms with Crippen molar-refractivity contribution in [3.05, 3.63) is 29.3 Å². The topological polar surface area (TPSA) is 38.7 Å². The molecule has 0 saturated carbocycles. The van der Waals surface area contributed by atoms with Crippen LogP contribution in [0.5, 0.6) is 0 Å². The SMILES string of the molecule is Cl.Cl.O[C@]12CCNC[C@H]1CN(C1CCN(c3ccc(Cl)cc3)CC1)CC2. The fraction of sp³-hybridized carbons (Fsp3) is 0.684. The van der Waals surface area contributed by atoms with E-state index in [9.17, 15) is 5.11 Å². The summed E-state index contributed by atoms with van der Waals surface area (Å²) in [5.41, 5.74) is 0.869. The van der Waals surface area contributed by atoms with E-state index in [-0.39, 0.29) is 24.8 Å². The van der Waals surface area contributed by atoms with Gasteiger partial charge in [-0.1, -0.05) is 11.6 Å². The molecule has 3 fully saturated rings. The minimum atomic E-state index is -0.411. The molecule has 3 aliphatic rings. The Morgan fingerprint density at radius 1 is 1.04 bits per heavy atom. The first-order chi connectivity index (χ1) is 11.6. The van der Waals surface area contributed by atoms with Gasteiger partial charge in [-0.25, -0.2) is 0 Å². The van der Waals surface area contributed by atoms with Crippen molar-refractivity contribution in [3.63, 3.8) is 0 Å². The van der Waals surface area contributed by atoms with Crippen LogP contribution in [0, 0.1) is 5.92 Å². The molecule has 0 amide bonds. The Bertz CT molecular complexity index is 566. The summed E-state index contributed by atoms with van der Waals surface area (Å²) in [6.07, 6.45) is 4.28. The molecule has 2 N–H and O–H groups in total. The van der Waals surface area contributed by atoms with Crippen molar-refractivity contribution in [2.75, 3.05) is 44.2 Å². The van der Waals surface area contributed by atoms with Crippen molar-refractivity contribution < 1.29 is 5.11 Å². The Kier molecular flexibility index (Phi) is 7.90. The molecule has 3 heterocycles. The number of halogens is 3. The predicted molar refractivity (Wildman–Crippen MR) is 113 cm³/mol. The van der Waals surface area contributed by atoms with E-state index in [1.807, 2.05) is 12.1 Å². The number of fused-ring (bicyclic) bond motifs is 1. The van der Waals surface area contributed by atoms with Crippen LogP contribution in [0.25, 0.3) is 0 Å². The van der Waals surface area contributed by atoms with Crippen LogP contribution in [0.15, 0.2) is 24.3 Å². The van der Waals surface area contributed by atoms with E-state index in [1.165, 1.54) is 18.5 Å². The van der Waals surface area contributed by atoms with Gasteiger partial charge in [0.2, 0.25) is 0 Å². The van der Waals surface area contributed by atoms with Crippen LogP contribution in [-0.2, 0) is 0 Å². The number of likely N-dealkylation sites (tertiary alicyclic amines) is 1. The molecule has 3 aliphatic heterocycles. The monoisotopic (exact) mass is 421 g/mol. The van der Waals surface area contributed by atoms with Crippen LogP contribution in [0.4, 0.5) is 5.69 Å². The van der Waals surface area contributed by atoms with Gasteiger partial charge in [0, 0.05) is 55.4 Å². The van der Waals surface area contributed by atoms with Crippen LogP contribution in [-0.4, -0.2) is 60.9 Å². The van der Waals surface area contributed by atoms with Crippen LogP contribution in [0.3, 0.4) is 0 Å². The molecule has 2 atom stereocenters. The first kappa shape index (κ1) is 22.1. The number of hydrogen-bond donors (Lipinski definition) is 2. The summed E-state index contributed by atoms with van der Waals surface area (Å²) < 4.78 is 0. The van der Waals surface area contributed by atoms with Crippen LogP contribution >= 0.6 is 36.4 Å². The van der Waals surface area contributed by atoms with Crippen molar-refractivity contribution in [1.82, 2.24) is 10.2 Å². The summed E-state index contributed by atoms with van der Waals surface area (Å²) in [7, 11) is 0. The molecule has 4 nitrogen and oxygen atoms in total. The van der Waals surface area contributed by atoms with Crippen molar-refractivity contribution in [2.45, 2.75) is 37.3 Å². The summed E-state index contributed by atoms with van der Waals surface area (Å²) in [5.74, 6) is 0.397. The standard InChI is InChI=1S/C19H28ClN3O.2ClH/c20-16-1-3-17(4-2-16)22-10-5-18(6-11-22)23-12-8-19(24)7-9-21-13-15(19)14-23;;/h1-4,15,18,21,24H,5-14H2;2*1H/t15-,19-;;/m0../s1. The molecule has 0 radical (unpaired) electrons. The summed E-state index contributed by atoms with van der Waals surface area (Å²) in [6, 6.07) is 8.86. The molecule has 4 rings (SSSR count). The quantitative estimate of drug-likeness (QED) is 0.768. The van der Waals surface area contributed by atoms with Gasteiger partial charge in [-0.3, -0.25) is 4.90 Å². The van der Waals surface area contributed by atoms with Crippen molar-refractivity contribution in [3.8, 4) is 0 Å². The highest BCUT2D eigenvalue weighted by Gasteiger charge is 2.44. The van der Waals surface area contributed by atoms with Crippen molar-refractivity contribution >= 4 is 42.1 Å².